The molecule has 2 aromatic rings. The predicted molar refractivity (Wildman–Crippen MR) is 67.0 cm³/mol. The van der Waals surface area contributed by atoms with Crippen LogP contribution in [0.1, 0.15) is 0 Å². The van der Waals surface area contributed by atoms with Crippen molar-refractivity contribution in [3.8, 4) is 11.5 Å². The van der Waals surface area contributed by atoms with E-state index in [0.717, 1.165) is 5.69 Å². The third-order valence-electron chi connectivity index (χ3n) is 2.27. The molecule has 1 aromatic carbocycles. The molecule has 0 fully saturated rings. The van der Waals surface area contributed by atoms with Gasteiger partial charge in [0, 0.05) is 19.2 Å². The number of hydrogen-bond donors (Lipinski definition) is 1. The average molecular weight is 245 g/mol. The molecule has 0 amide bonds. The van der Waals surface area contributed by atoms with Gasteiger partial charge in [0.1, 0.15) is 11.5 Å². The van der Waals surface area contributed by atoms with E-state index in [1.807, 2.05) is 0 Å². The topological polar surface area (TPSA) is 77.3 Å². The van der Waals surface area contributed by atoms with E-state index < -0.39 is 4.92 Å². The third kappa shape index (κ3) is 2.73. The molecule has 0 aliphatic heterocycles. The summed E-state index contributed by atoms with van der Waals surface area (Å²) in [5, 5.41) is 13.6. The second kappa shape index (κ2) is 5.13. The highest BCUT2D eigenvalue weighted by atomic mass is 16.6. The normalized spacial score (nSPS) is 9.83. The van der Waals surface area contributed by atoms with Crippen LogP contribution in [0, 0.1) is 10.1 Å². The van der Waals surface area contributed by atoms with Gasteiger partial charge in [0.05, 0.1) is 29.1 Å². The van der Waals surface area contributed by atoms with E-state index in [9.17, 15) is 10.1 Å². The maximum absolute atomic E-state index is 10.6. The van der Waals surface area contributed by atoms with Gasteiger partial charge in [-0.1, -0.05) is 6.07 Å². The molecule has 0 aliphatic carbocycles. The minimum absolute atomic E-state index is 0.00905. The zero-order chi connectivity index (χ0) is 13.0. The smallest absolute Gasteiger partial charge is 0.273 e. The average Bonchev–Trinajstić information content (AvgIpc) is 2.39. The van der Waals surface area contributed by atoms with Gasteiger partial charge in [-0.05, 0) is 6.07 Å². The van der Waals surface area contributed by atoms with Crippen molar-refractivity contribution in [3.63, 3.8) is 0 Å². The van der Waals surface area contributed by atoms with Gasteiger partial charge in [-0.2, -0.15) is 0 Å². The van der Waals surface area contributed by atoms with Gasteiger partial charge in [-0.3, -0.25) is 15.1 Å². The first-order chi connectivity index (χ1) is 8.69. The van der Waals surface area contributed by atoms with Crippen molar-refractivity contribution in [1.29, 1.82) is 0 Å². The van der Waals surface area contributed by atoms with Crippen molar-refractivity contribution in [1.82, 2.24) is 4.98 Å². The van der Waals surface area contributed by atoms with Crippen LogP contribution in [0.25, 0.3) is 0 Å². The Kier molecular flexibility index (Phi) is 3.38. The van der Waals surface area contributed by atoms with Crippen LogP contribution in [-0.4, -0.2) is 17.0 Å². The fourth-order valence-corrected chi connectivity index (χ4v) is 1.41. The number of rotatable bonds is 4. The lowest BCUT2D eigenvalue weighted by Gasteiger charge is -2.06. The lowest BCUT2D eigenvalue weighted by molar-refractivity contribution is -0.384. The lowest BCUT2D eigenvalue weighted by Crippen LogP contribution is -1.92. The lowest BCUT2D eigenvalue weighted by atomic mass is 10.3. The number of nitro benzene ring substituents is 1. The van der Waals surface area contributed by atoms with E-state index in [2.05, 4.69) is 10.3 Å². The van der Waals surface area contributed by atoms with Crippen LogP contribution in [0.2, 0.25) is 0 Å². The predicted octanol–water partition coefficient (Wildman–Crippen LogP) is 2.82. The molecule has 18 heavy (non-hydrogen) atoms. The summed E-state index contributed by atoms with van der Waals surface area (Å²) in [6.07, 6.45) is 3.19. The molecular weight excluding hydrogens is 234 g/mol. The van der Waals surface area contributed by atoms with Crippen molar-refractivity contribution in [2.75, 3.05) is 12.4 Å². The Labute approximate surface area is 103 Å². The molecule has 1 aromatic heterocycles. The number of pyridine rings is 1. The van der Waals surface area contributed by atoms with Crippen molar-refractivity contribution in [2.45, 2.75) is 0 Å². The Hall–Kier alpha value is -2.63. The first-order valence-corrected chi connectivity index (χ1v) is 5.24. The molecule has 6 heteroatoms. The van der Waals surface area contributed by atoms with Gasteiger partial charge in [-0.15, -0.1) is 0 Å². The van der Waals surface area contributed by atoms with Crippen LogP contribution in [0.15, 0.2) is 42.7 Å². The molecule has 0 radical (unpaired) electrons. The summed E-state index contributed by atoms with van der Waals surface area (Å²) >= 11 is 0. The molecule has 2 rings (SSSR count). The molecule has 92 valence electrons. The Morgan fingerprint density at radius 3 is 2.83 bits per heavy atom. The van der Waals surface area contributed by atoms with Gasteiger partial charge >= 0.3 is 0 Å². The van der Waals surface area contributed by atoms with Crippen LogP contribution < -0.4 is 10.1 Å². The number of nitro groups is 1. The monoisotopic (exact) mass is 245 g/mol. The Morgan fingerprint density at radius 1 is 1.28 bits per heavy atom. The summed E-state index contributed by atoms with van der Waals surface area (Å²) in [5.74, 6) is 0.918. The number of nitrogens with zero attached hydrogens (tertiary/aromatic N) is 2. The minimum Gasteiger partial charge on any atom is -0.455 e. The molecule has 0 atom stereocenters. The van der Waals surface area contributed by atoms with Crippen molar-refractivity contribution in [2.24, 2.45) is 0 Å². The molecule has 0 spiro atoms. The largest absolute Gasteiger partial charge is 0.455 e. The number of nitrogens with one attached hydrogen (secondary N) is 1. The Bertz CT molecular complexity index is 572. The molecule has 0 aliphatic rings. The number of ether oxygens (including phenoxy) is 1. The van der Waals surface area contributed by atoms with Crippen LogP contribution in [0.4, 0.5) is 11.4 Å². The molecule has 0 unspecified atom stereocenters. The van der Waals surface area contributed by atoms with Crippen LogP contribution >= 0.6 is 0 Å². The van der Waals surface area contributed by atoms with Crippen LogP contribution in [0.5, 0.6) is 11.5 Å². The zero-order valence-corrected chi connectivity index (χ0v) is 9.66. The zero-order valence-electron chi connectivity index (χ0n) is 9.66. The van der Waals surface area contributed by atoms with Crippen molar-refractivity contribution < 1.29 is 9.66 Å². The maximum atomic E-state index is 10.6. The molecule has 0 saturated carbocycles. The molecule has 1 N–H and O–H groups in total. The summed E-state index contributed by atoms with van der Waals surface area (Å²) < 4.78 is 5.50. The van der Waals surface area contributed by atoms with E-state index >= 15 is 0 Å². The molecule has 1 heterocycles. The fraction of sp³-hybridized carbons (Fsp3) is 0.0833. The highest BCUT2D eigenvalue weighted by Crippen LogP contribution is 2.25. The van der Waals surface area contributed by atoms with Crippen LogP contribution in [-0.2, 0) is 0 Å². The van der Waals surface area contributed by atoms with Gasteiger partial charge in [-0.25, -0.2) is 0 Å². The van der Waals surface area contributed by atoms with E-state index in [4.69, 9.17) is 4.74 Å². The Morgan fingerprint density at radius 2 is 2.11 bits per heavy atom. The molecule has 0 bridgehead atoms. The van der Waals surface area contributed by atoms with E-state index in [1.54, 1.807) is 37.6 Å². The molecule has 0 saturated heterocycles. The van der Waals surface area contributed by atoms with E-state index in [1.165, 1.54) is 12.1 Å². The quantitative estimate of drug-likeness (QED) is 0.662. The van der Waals surface area contributed by atoms with Gasteiger partial charge in [0.2, 0.25) is 0 Å². The van der Waals surface area contributed by atoms with Gasteiger partial charge in [0.25, 0.3) is 5.69 Å². The van der Waals surface area contributed by atoms with Gasteiger partial charge < -0.3 is 10.1 Å². The third-order valence-corrected chi connectivity index (χ3v) is 2.27. The highest BCUT2D eigenvalue weighted by Gasteiger charge is 2.07. The summed E-state index contributed by atoms with van der Waals surface area (Å²) in [6.45, 7) is 0. The number of non-ortho nitro benzene ring substituents is 1. The number of aromatic nitrogens is 1. The maximum Gasteiger partial charge on any atom is 0.273 e. The second-order valence-electron chi connectivity index (χ2n) is 3.52. The summed E-state index contributed by atoms with van der Waals surface area (Å²) in [5.41, 5.74) is 0.795. The first kappa shape index (κ1) is 11.8. The second-order valence-corrected chi connectivity index (χ2v) is 3.52. The summed E-state index contributed by atoms with van der Waals surface area (Å²) in [7, 11) is 1.77. The minimum atomic E-state index is -0.463. The summed E-state index contributed by atoms with van der Waals surface area (Å²) in [4.78, 5) is 14.2. The van der Waals surface area contributed by atoms with Crippen LogP contribution in [0.3, 0.4) is 0 Å². The SMILES string of the molecule is CNc1cncc(Oc2cccc([N+](=O)[O-])c2)c1. The standard InChI is InChI=1S/C12H11N3O3/c1-13-9-5-12(8-14-7-9)18-11-4-2-3-10(6-11)15(16)17/h2-8,13H,1H3. The van der Waals surface area contributed by atoms with Crippen molar-refractivity contribution in [3.05, 3.63) is 52.8 Å². The fourth-order valence-electron chi connectivity index (χ4n) is 1.41. The highest BCUT2D eigenvalue weighted by molar-refractivity contribution is 5.46. The molecular formula is C12H11N3O3. The number of hydrogen-bond acceptors (Lipinski definition) is 5. The molecule has 6 nitrogen and oxygen atoms in total. The first-order valence-electron chi connectivity index (χ1n) is 5.24. The Balaban J connectivity index is 2.22. The summed E-state index contributed by atoms with van der Waals surface area (Å²) in [6, 6.07) is 7.76. The van der Waals surface area contributed by atoms with E-state index in [0.29, 0.717) is 11.5 Å². The number of benzene rings is 1. The number of anilines is 1. The van der Waals surface area contributed by atoms with Gasteiger partial charge in [0.15, 0.2) is 0 Å². The van der Waals surface area contributed by atoms with E-state index in [-0.39, 0.29) is 5.69 Å². The van der Waals surface area contributed by atoms with Crippen molar-refractivity contribution >= 4 is 11.4 Å².